The summed E-state index contributed by atoms with van der Waals surface area (Å²) in [6.45, 7) is 4.58. The minimum absolute atomic E-state index is 0.130. The lowest BCUT2D eigenvalue weighted by molar-refractivity contribution is -0.124. The Kier molecular flexibility index (Phi) is 5.41. The van der Waals surface area contributed by atoms with Gasteiger partial charge in [0.05, 0.1) is 12.6 Å². The number of hydrogen-bond donors (Lipinski definition) is 1. The zero-order valence-electron chi connectivity index (χ0n) is 12.1. The zero-order chi connectivity index (χ0) is 14.4. The van der Waals surface area contributed by atoms with E-state index in [2.05, 4.69) is 4.90 Å². The molecule has 4 nitrogen and oxygen atoms in total. The van der Waals surface area contributed by atoms with Crippen LogP contribution in [0.1, 0.15) is 26.2 Å². The second-order valence-corrected chi connectivity index (χ2v) is 5.45. The van der Waals surface area contributed by atoms with Gasteiger partial charge < -0.3 is 10.5 Å². The molecule has 1 fully saturated rings. The van der Waals surface area contributed by atoms with Crippen molar-refractivity contribution in [1.29, 1.82) is 0 Å². The van der Waals surface area contributed by atoms with E-state index >= 15 is 0 Å². The molecule has 0 spiro atoms. The Hall–Kier alpha value is -1.55. The Bertz CT molecular complexity index is 422. The molecule has 4 heteroatoms. The second kappa shape index (κ2) is 7.29. The molecule has 2 rings (SSSR count). The molecule has 0 aromatic heterocycles. The monoisotopic (exact) mass is 276 g/mol. The molecule has 0 radical (unpaired) electrons. The Morgan fingerprint density at radius 1 is 1.45 bits per heavy atom. The van der Waals surface area contributed by atoms with Crippen molar-refractivity contribution >= 4 is 5.91 Å². The van der Waals surface area contributed by atoms with Gasteiger partial charge in [-0.1, -0.05) is 25.1 Å². The number of hydrogen-bond acceptors (Lipinski definition) is 3. The van der Waals surface area contributed by atoms with Gasteiger partial charge in [0.25, 0.3) is 0 Å². The van der Waals surface area contributed by atoms with Crippen molar-refractivity contribution in [3.8, 4) is 5.75 Å². The maximum atomic E-state index is 11.5. The maximum Gasteiger partial charge on any atom is 0.234 e. The van der Waals surface area contributed by atoms with E-state index in [-0.39, 0.29) is 11.9 Å². The molecule has 1 aromatic carbocycles. The average Bonchev–Trinajstić information content (AvgIpc) is 2.47. The first-order chi connectivity index (χ1) is 9.70. The average molecular weight is 276 g/mol. The van der Waals surface area contributed by atoms with Crippen molar-refractivity contribution in [2.45, 2.75) is 32.2 Å². The lowest BCUT2D eigenvalue weighted by Crippen LogP contribution is -2.49. The number of likely N-dealkylation sites (tertiary alicyclic amines) is 1. The first-order valence-corrected chi connectivity index (χ1v) is 7.42. The number of nitrogens with zero attached hydrogens (tertiary/aromatic N) is 1. The van der Waals surface area contributed by atoms with Crippen molar-refractivity contribution in [1.82, 2.24) is 4.90 Å². The predicted molar refractivity (Wildman–Crippen MR) is 79.5 cm³/mol. The van der Waals surface area contributed by atoms with Crippen LogP contribution in [-0.2, 0) is 4.79 Å². The van der Waals surface area contributed by atoms with Crippen molar-refractivity contribution in [2.75, 3.05) is 19.7 Å². The normalized spacial score (nSPS) is 21.4. The van der Waals surface area contributed by atoms with Gasteiger partial charge in [0.1, 0.15) is 5.75 Å². The summed E-state index contributed by atoms with van der Waals surface area (Å²) in [6.07, 6.45) is 3.03. The lowest BCUT2D eigenvalue weighted by Gasteiger charge is -2.36. The number of carbonyl (C=O) groups is 1. The van der Waals surface area contributed by atoms with Crippen molar-refractivity contribution in [3.05, 3.63) is 30.3 Å². The summed E-state index contributed by atoms with van der Waals surface area (Å²) in [5.41, 5.74) is 5.48. The number of rotatable bonds is 6. The van der Waals surface area contributed by atoms with Crippen LogP contribution in [0.2, 0.25) is 0 Å². The summed E-state index contributed by atoms with van der Waals surface area (Å²) in [6, 6.07) is 9.74. The summed E-state index contributed by atoms with van der Waals surface area (Å²) in [7, 11) is 0. The third-order valence-electron chi connectivity index (χ3n) is 3.94. The van der Waals surface area contributed by atoms with Crippen LogP contribution in [0.5, 0.6) is 5.75 Å². The van der Waals surface area contributed by atoms with Gasteiger partial charge in [-0.2, -0.15) is 0 Å². The maximum absolute atomic E-state index is 11.5. The van der Waals surface area contributed by atoms with E-state index in [1.807, 2.05) is 37.3 Å². The highest BCUT2D eigenvalue weighted by Crippen LogP contribution is 2.21. The van der Waals surface area contributed by atoms with Crippen LogP contribution in [0, 0.1) is 5.92 Å². The highest BCUT2D eigenvalue weighted by molar-refractivity contribution is 5.79. The summed E-state index contributed by atoms with van der Waals surface area (Å²) >= 11 is 0. The van der Waals surface area contributed by atoms with E-state index in [1.54, 1.807) is 0 Å². The van der Waals surface area contributed by atoms with E-state index in [0.29, 0.717) is 12.5 Å². The van der Waals surface area contributed by atoms with Gasteiger partial charge in [0.15, 0.2) is 0 Å². The van der Waals surface area contributed by atoms with Crippen molar-refractivity contribution in [3.63, 3.8) is 0 Å². The largest absolute Gasteiger partial charge is 0.493 e. The third kappa shape index (κ3) is 3.97. The molecule has 1 aliphatic heterocycles. The van der Waals surface area contributed by atoms with Crippen molar-refractivity contribution in [2.24, 2.45) is 11.7 Å². The number of benzene rings is 1. The Morgan fingerprint density at radius 3 is 2.85 bits per heavy atom. The van der Waals surface area contributed by atoms with E-state index in [9.17, 15) is 4.79 Å². The van der Waals surface area contributed by atoms with Gasteiger partial charge in [-0.15, -0.1) is 0 Å². The molecule has 1 amide bonds. The summed E-state index contributed by atoms with van der Waals surface area (Å²) in [5.74, 6) is 1.17. The fraction of sp³-hybridized carbons (Fsp3) is 0.562. The van der Waals surface area contributed by atoms with Crippen LogP contribution < -0.4 is 10.5 Å². The van der Waals surface area contributed by atoms with Gasteiger partial charge >= 0.3 is 0 Å². The second-order valence-electron chi connectivity index (χ2n) is 5.45. The minimum Gasteiger partial charge on any atom is -0.493 e. The minimum atomic E-state index is -0.211. The summed E-state index contributed by atoms with van der Waals surface area (Å²) < 4.78 is 5.82. The predicted octanol–water partition coefficient (Wildman–Crippen LogP) is 2.04. The van der Waals surface area contributed by atoms with Crippen LogP contribution in [-0.4, -0.2) is 36.5 Å². The Labute approximate surface area is 120 Å². The van der Waals surface area contributed by atoms with E-state index in [4.69, 9.17) is 10.5 Å². The number of piperidine rings is 1. The Morgan fingerprint density at radius 2 is 2.20 bits per heavy atom. The first kappa shape index (κ1) is 14.9. The quantitative estimate of drug-likeness (QED) is 0.865. The highest BCUT2D eigenvalue weighted by atomic mass is 16.5. The van der Waals surface area contributed by atoms with Crippen LogP contribution >= 0.6 is 0 Å². The molecule has 2 N–H and O–H groups in total. The number of primary amides is 1. The first-order valence-electron chi connectivity index (χ1n) is 7.42. The molecule has 0 saturated carbocycles. The molecule has 1 saturated heterocycles. The molecule has 1 heterocycles. The standard InChI is InChI=1S/C16H24N2O2/c1-2-15(16(17)19)18-10-6-7-13(11-18)12-20-14-8-4-3-5-9-14/h3-5,8-9,13,15H,2,6-7,10-12H2,1H3,(H2,17,19)/t13-,15+/m0/s1. The van der Waals surface area contributed by atoms with Crippen LogP contribution in [0.4, 0.5) is 0 Å². The number of amides is 1. The van der Waals surface area contributed by atoms with Gasteiger partial charge in [0.2, 0.25) is 5.91 Å². The van der Waals surface area contributed by atoms with E-state index < -0.39 is 0 Å². The molecule has 0 bridgehead atoms. The molecule has 0 unspecified atom stereocenters. The number of ether oxygens (including phenoxy) is 1. The third-order valence-corrected chi connectivity index (χ3v) is 3.94. The van der Waals surface area contributed by atoms with Gasteiger partial charge in [-0.25, -0.2) is 0 Å². The molecule has 1 aliphatic rings. The van der Waals surface area contributed by atoms with Crippen LogP contribution in [0.25, 0.3) is 0 Å². The lowest BCUT2D eigenvalue weighted by atomic mass is 9.96. The van der Waals surface area contributed by atoms with Crippen LogP contribution in [0.3, 0.4) is 0 Å². The highest BCUT2D eigenvalue weighted by Gasteiger charge is 2.28. The molecule has 2 atom stereocenters. The Balaban J connectivity index is 1.85. The van der Waals surface area contributed by atoms with Crippen molar-refractivity contribution < 1.29 is 9.53 Å². The number of nitrogens with two attached hydrogens (primary N) is 1. The van der Waals surface area contributed by atoms with Gasteiger partial charge in [-0.05, 0) is 37.9 Å². The van der Waals surface area contributed by atoms with Gasteiger partial charge in [-0.3, -0.25) is 9.69 Å². The molecule has 1 aromatic rings. The van der Waals surface area contributed by atoms with E-state index in [0.717, 1.165) is 38.1 Å². The number of para-hydroxylation sites is 1. The zero-order valence-corrected chi connectivity index (χ0v) is 12.1. The van der Waals surface area contributed by atoms with Gasteiger partial charge in [0, 0.05) is 12.5 Å². The SMILES string of the molecule is CC[C@H](C(N)=O)N1CCC[C@H](COc2ccccc2)C1. The smallest absolute Gasteiger partial charge is 0.234 e. The fourth-order valence-corrected chi connectivity index (χ4v) is 2.89. The molecule has 20 heavy (non-hydrogen) atoms. The van der Waals surface area contributed by atoms with E-state index in [1.165, 1.54) is 0 Å². The molecular weight excluding hydrogens is 252 g/mol. The fourth-order valence-electron chi connectivity index (χ4n) is 2.89. The summed E-state index contributed by atoms with van der Waals surface area (Å²) in [5, 5.41) is 0. The molecule has 110 valence electrons. The molecular formula is C16H24N2O2. The summed E-state index contributed by atoms with van der Waals surface area (Å²) in [4.78, 5) is 13.7. The molecule has 0 aliphatic carbocycles. The number of carbonyl (C=O) groups excluding carboxylic acids is 1. The topological polar surface area (TPSA) is 55.6 Å². The van der Waals surface area contributed by atoms with Crippen LogP contribution in [0.15, 0.2) is 30.3 Å².